The fourth-order valence-corrected chi connectivity index (χ4v) is 3.10. The Morgan fingerprint density at radius 2 is 1.74 bits per heavy atom. The SMILES string of the molecule is COC(=O)CNC(=O)c1cccc(NC(=O)c2nn(-c3ccccc3C(F)(F)F)c(C)cc2=O)c1. The Balaban J connectivity index is 1.90. The molecule has 0 aliphatic heterocycles. The molecule has 0 saturated heterocycles. The van der Waals surface area contributed by atoms with E-state index in [1.54, 1.807) is 0 Å². The molecule has 35 heavy (non-hydrogen) atoms. The zero-order valence-electron chi connectivity index (χ0n) is 18.5. The molecule has 3 rings (SSSR count). The van der Waals surface area contributed by atoms with Gasteiger partial charge in [-0.1, -0.05) is 18.2 Å². The smallest absolute Gasteiger partial charge is 0.418 e. The Kier molecular flexibility index (Phi) is 7.33. The molecule has 2 aromatic carbocycles. The molecule has 3 aromatic rings. The number of aromatic nitrogens is 2. The van der Waals surface area contributed by atoms with E-state index in [0.29, 0.717) is 0 Å². The maximum Gasteiger partial charge on any atom is 0.418 e. The highest BCUT2D eigenvalue weighted by molar-refractivity contribution is 6.04. The molecule has 1 aromatic heterocycles. The summed E-state index contributed by atoms with van der Waals surface area (Å²) in [5, 5.41) is 8.63. The normalized spacial score (nSPS) is 11.0. The number of anilines is 1. The van der Waals surface area contributed by atoms with Gasteiger partial charge in [0.1, 0.15) is 6.54 Å². The Hall–Kier alpha value is -4.48. The molecule has 0 atom stereocenters. The minimum atomic E-state index is -4.69. The standard InChI is InChI=1S/C23H19F3N4O5/c1-13-10-18(31)20(29-30(13)17-9-4-3-8-16(17)23(24,25)26)22(34)28-15-7-5-6-14(11-15)21(33)27-12-19(32)35-2/h3-11H,12H2,1-2H3,(H,27,33)(H,28,34). The van der Waals surface area contributed by atoms with E-state index in [4.69, 9.17) is 0 Å². The number of esters is 1. The molecule has 0 fully saturated rings. The minimum absolute atomic E-state index is 0.0903. The topological polar surface area (TPSA) is 119 Å². The highest BCUT2D eigenvalue weighted by atomic mass is 19.4. The van der Waals surface area contributed by atoms with Gasteiger partial charge in [-0.05, 0) is 37.3 Å². The van der Waals surface area contributed by atoms with Crippen molar-refractivity contribution in [2.45, 2.75) is 13.1 Å². The van der Waals surface area contributed by atoms with Crippen LogP contribution in [0.3, 0.4) is 0 Å². The number of hydrogen-bond donors (Lipinski definition) is 2. The van der Waals surface area contributed by atoms with Crippen molar-refractivity contribution in [3.8, 4) is 5.69 Å². The van der Waals surface area contributed by atoms with E-state index in [0.717, 1.165) is 16.8 Å². The fraction of sp³-hybridized carbons (Fsp3) is 0.174. The van der Waals surface area contributed by atoms with Gasteiger partial charge in [0.15, 0.2) is 5.69 Å². The number of benzene rings is 2. The molecular formula is C23H19F3N4O5. The van der Waals surface area contributed by atoms with Crippen molar-refractivity contribution >= 4 is 23.5 Å². The monoisotopic (exact) mass is 488 g/mol. The van der Waals surface area contributed by atoms with Gasteiger partial charge in [0.25, 0.3) is 11.8 Å². The van der Waals surface area contributed by atoms with Crippen LogP contribution in [0.4, 0.5) is 18.9 Å². The average Bonchev–Trinajstić information content (AvgIpc) is 2.82. The maximum absolute atomic E-state index is 13.5. The molecule has 2 amide bonds. The van der Waals surface area contributed by atoms with Crippen molar-refractivity contribution in [3.05, 3.63) is 87.3 Å². The predicted octanol–water partition coefficient (Wildman–Crippen LogP) is 2.71. The largest absolute Gasteiger partial charge is 0.468 e. The molecule has 2 N–H and O–H groups in total. The summed E-state index contributed by atoms with van der Waals surface area (Å²) in [6, 6.07) is 11.2. The van der Waals surface area contributed by atoms with Gasteiger partial charge in [-0.3, -0.25) is 19.2 Å². The molecule has 0 bridgehead atoms. The van der Waals surface area contributed by atoms with Gasteiger partial charge in [0.05, 0.1) is 18.4 Å². The summed E-state index contributed by atoms with van der Waals surface area (Å²) in [6.45, 7) is 1.03. The summed E-state index contributed by atoms with van der Waals surface area (Å²) in [4.78, 5) is 48.6. The van der Waals surface area contributed by atoms with Crippen molar-refractivity contribution < 1.29 is 32.3 Å². The quantitative estimate of drug-likeness (QED) is 0.515. The van der Waals surface area contributed by atoms with Crippen molar-refractivity contribution in [2.24, 2.45) is 0 Å². The van der Waals surface area contributed by atoms with Gasteiger partial charge < -0.3 is 15.4 Å². The lowest BCUT2D eigenvalue weighted by atomic mass is 10.1. The molecule has 12 heteroatoms. The number of amides is 2. The molecule has 0 radical (unpaired) electrons. The number of hydrogen-bond acceptors (Lipinski definition) is 6. The summed E-state index contributed by atoms with van der Waals surface area (Å²) in [5.41, 5.74) is -2.48. The number of para-hydroxylation sites is 1. The molecule has 9 nitrogen and oxygen atoms in total. The number of carbonyl (C=O) groups is 3. The predicted molar refractivity (Wildman–Crippen MR) is 118 cm³/mol. The van der Waals surface area contributed by atoms with Crippen LogP contribution in [0.1, 0.15) is 32.1 Å². The third kappa shape index (κ3) is 5.91. The molecule has 0 saturated carbocycles. The Labute approximate surface area is 196 Å². The lowest BCUT2D eigenvalue weighted by Gasteiger charge is -2.16. The van der Waals surface area contributed by atoms with Crippen LogP contribution in [-0.4, -0.2) is 41.2 Å². The number of nitrogens with one attached hydrogen (secondary N) is 2. The Bertz CT molecular complexity index is 1350. The number of carbonyl (C=O) groups excluding carboxylic acids is 3. The van der Waals surface area contributed by atoms with Gasteiger partial charge in [0.2, 0.25) is 5.43 Å². The van der Waals surface area contributed by atoms with Crippen LogP contribution in [-0.2, 0) is 15.7 Å². The zero-order chi connectivity index (χ0) is 25.8. The number of ether oxygens (including phenoxy) is 1. The minimum Gasteiger partial charge on any atom is -0.468 e. The summed E-state index contributed by atoms with van der Waals surface area (Å²) in [6.07, 6.45) is -4.69. The average molecular weight is 488 g/mol. The third-order valence-corrected chi connectivity index (χ3v) is 4.76. The highest BCUT2D eigenvalue weighted by Crippen LogP contribution is 2.33. The van der Waals surface area contributed by atoms with E-state index in [1.807, 2.05) is 0 Å². The molecule has 182 valence electrons. The van der Waals surface area contributed by atoms with E-state index < -0.39 is 40.6 Å². The van der Waals surface area contributed by atoms with Crippen LogP contribution in [0.2, 0.25) is 0 Å². The van der Waals surface area contributed by atoms with E-state index in [2.05, 4.69) is 20.5 Å². The van der Waals surface area contributed by atoms with E-state index in [-0.39, 0.29) is 29.2 Å². The molecule has 0 aliphatic rings. The first kappa shape index (κ1) is 25.1. The maximum atomic E-state index is 13.5. The molecule has 1 heterocycles. The van der Waals surface area contributed by atoms with Crippen molar-refractivity contribution in [1.82, 2.24) is 15.1 Å². The summed E-state index contributed by atoms with van der Waals surface area (Å²) in [7, 11) is 1.17. The lowest BCUT2D eigenvalue weighted by molar-refractivity contribution is -0.139. The first-order valence-corrected chi connectivity index (χ1v) is 10.0. The number of aryl methyl sites for hydroxylation is 1. The van der Waals surface area contributed by atoms with Gasteiger partial charge in [-0.25, -0.2) is 4.68 Å². The van der Waals surface area contributed by atoms with Crippen LogP contribution in [0.25, 0.3) is 5.69 Å². The van der Waals surface area contributed by atoms with Gasteiger partial charge in [-0.15, -0.1) is 0 Å². The summed E-state index contributed by atoms with van der Waals surface area (Å²) in [5.74, 6) is -2.26. The Morgan fingerprint density at radius 1 is 1.03 bits per heavy atom. The third-order valence-electron chi connectivity index (χ3n) is 4.76. The molecule has 0 unspecified atom stereocenters. The van der Waals surface area contributed by atoms with Gasteiger partial charge in [-0.2, -0.15) is 18.3 Å². The Morgan fingerprint density at radius 3 is 2.43 bits per heavy atom. The van der Waals surface area contributed by atoms with Crippen LogP contribution in [0.15, 0.2) is 59.4 Å². The van der Waals surface area contributed by atoms with E-state index >= 15 is 0 Å². The van der Waals surface area contributed by atoms with Crippen LogP contribution < -0.4 is 16.1 Å². The second-order valence-electron chi connectivity index (χ2n) is 7.22. The lowest BCUT2D eigenvalue weighted by Crippen LogP contribution is -2.30. The second-order valence-corrected chi connectivity index (χ2v) is 7.22. The first-order valence-electron chi connectivity index (χ1n) is 10.0. The number of halogens is 3. The number of alkyl halides is 3. The van der Waals surface area contributed by atoms with Crippen molar-refractivity contribution in [1.29, 1.82) is 0 Å². The van der Waals surface area contributed by atoms with Gasteiger partial charge in [0, 0.05) is 23.0 Å². The summed E-state index contributed by atoms with van der Waals surface area (Å²) < 4.78 is 45.7. The van der Waals surface area contributed by atoms with Crippen molar-refractivity contribution in [2.75, 3.05) is 19.0 Å². The van der Waals surface area contributed by atoms with E-state index in [1.165, 1.54) is 56.5 Å². The number of rotatable bonds is 6. The number of methoxy groups -OCH3 is 1. The second kappa shape index (κ2) is 10.2. The van der Waals surface area contributed by atoms with Gasteiger partial charge >= 0.3 is 12.1 Å². The molecular weight excluding hydrogens is 469 g/mol. The fourth-order valence-electron chi connectivity index (χ4n) is 3.10. The molecule has 0 aliphatic carbocycles. The summed E-state index contributed by atoms with van der Waals surface area (Å²) >= 11 is 0. The molecule has 0 spiro atoms. The van der Waals surface area contributed by atoms with Crippen LogP contribution in [0, 0.1) is 6.92 Å². The van der Waals surface area contributed by atoms with Crippen LogP contribution >= 0.6 is 0 Å². The zero-order valence-corrected chi connectivity index (χ0v) is 18.5. The van der Waals surface area contributed by atoms with Crippen LogP contribution in [0.5, 0.6) is 0 Å². The first-order chi connectivity index (χ1) is 16.5. The van der Waals surface area contributed by atoms with E-state index in [9.17, 15) is 32.3 Å². The highest BCUT2D eigenvalue weighted by Gasteiger charge is 2.34. The number of nitrogens with zero attached hydrogens (tertiary/aromatic N) is 2. The van der Waals surface area contributed by atoms with Crippen molar-refractivity contribution in [3.63, 3.8) is 0 Å².